The zero-order chi connectivity index (χ0) is 19.5. The fourth-order valence-corrected chi connectivity index (χ4v) is 3.49. The highest BCUT2D eigenvalue weighted by molar-refractivity contribution is 7.14. The molecule has 140 valence electrons. The van der Waals surface area contributed by atoms with Crippen LogP contribution in [0.25, 0.3) is 22.2 Å². The number of thiazole rings is 1. The Labute approximate surface area is 169 Å². The molecule has 0 unspecified atom stereocenters. The van der Waals surface area contributed by atoms with Crippen molar-refractivity contribution in [1.29, 1.82) is 0 Å². The molecule has 2 heterocycles. The van der Waals surface area contributed by atoms with E-state index in [1.54, 1.807) is 43.0 Å². The number of aromatic nitrogens is 1. The Morgan fingerprint density at radius 2 is 2.11 bits per heavy atom. The molecule has 28 heavy (non-hydrogen) atoms. The fraction of sp³-hybridized carbons (Fsp3) is 0.0500. The highest BCUT2D eigenvalue weighted by atomic mass is 35.5. The third-order valence-corrected chi connectivity index (χ3v) is 4.96. The van der Waals surface area contributed by atoms with E-state index in [2.05, 4.69) is 15.5 Å². The average molecular weight is 412 g/mol. The van der Waals surface area contributed by atoms with E-state index >= 15 is 0 Å². The van der Waals surface area contributed by atoms with Gasteiger partial charge in [0, 0.05) is 21.4 Å². The summed E-state index contributed by atoms with van der Waals surface area (Å²) in [7, 11) is 1.61. The maximum Gasteiger partial charge on any atom is 0.345 e. The molecule has 0 bridgehead atoms. The Hall–Kier alpha value is -3.16. The Morgan fingerprint density at radius 1 is 1.25 bits per heavy atom. The van der Waals surface area contributed by atoms with Crippen LogP contribution >= 0.6 is 22.9 Å². The van der Waals surface area contributed by atoms with Crippen LogP contribution in [0, 0.1) is 0 Å². The number of anilines is 1. The van der Waals surface area contributed by atoms with Crippen LogP contribution in [0.5, 0.6) is 5.75 Å². The highest BCUT2D eigenvalue weighted by Gasteiger charge is 2.12. The minimum atomic E-state index is -0.454. The summed E-state index contributed by atoms with van der Waals surface area (Å²) in [6.07, 6.45) is 1.65. The number of hydrazone groups is 1. The molecule has 0 saturated carbocycles. The first-order chi connectivity index (χ1) is 13.6. The van der Waals surface area contributed by atoms with Crippen LogP contribution in [0.4, 0.5) is 5.13 Å². The molecule has 0 aliphatic rings. The van der Waals surface area contributed by atoms with E-state index in [0.29, 0.717) is 27.0 Å². The largest absolute Gasteiger partial charge is 0.496 e. The molecule has 0 aliphatic carbocycles. The lowest BCUT2D eigenvalue weighted by Gasteiger charge is -2.02. The molecule has 0 fully saturated rings. The van der Waals surface area contributed by atoms with Crippen LogP contribution in [0.1, 0.15) is 5.56 Å². The van der Waals surface area contributed by atoms with Crippen molar-refractivity contribution >= 4 is 45.3 Å². The van der Waals surface area contributed by atoms with Gasteiger partial charge in [-0.1, -0.05) is 23.7 Å². The van der Waals surface area contributed by atoms with Crippen molar-refractivity contribution in [3.05, 3.63) is 74.9 Å². The Bertz CT molecular complexity index is 1230. The second-order valence-electron chi connectivity index (χ2n) is 5.78. The molecule has 0 amide bonds. The predicted molar refractivity (Wildman–Crippen MR) is 113 cm³/mol. The minimum Gasteiger partial charge on any atom is -0.496 e. The lowest BCUT2D eigenvalue weighted by molar-refractivity contribution is 0.414. The summed E-state index contributed by atoms with van der Waals surface area (Å²) >= 11 is 7.35. The number of nitrogens with zero attached hydrogens (tertiary/aromatic N) is 2. The van der Waals surface area contributed by atoms with Gasteiger partial charge >= 0.3 is 5.63 Å². The summed E-state index contributed by atoms with van der Waals surface area (Å²) in [5.74, 6) is 0.723. The van der Waals surface area contributed by atoms with Crippen molar-refractivity contribution in [1.82, 2.24) is 4.98 Å². The molecular weight excluding hydrogens is 398 g/mol. The number of para-hydroxylation sites is 1. The zero-order valence-corrected chi connectivity index (χ0v) is 16.3. The molecular formula is C20H14ClN3O3S. The van der Waals surface area contributed by atoms with Gasteiger partial charge in [-0.05, 0) is 36.4 Å². The third-order valence-electron chi connectivity index (χ3n) is 3.98. The van der Waals surface area contributed by atoms with Gasteiger partial charge in [0.15, 0.2) is 0 Å². The number of hydrogen-bond donors (Lipinski definition) is 1. The molecule has 2 aromatic heterocycles. The normalized spacial score (nSPS) is 11.2. The molecule has 0 atom stereocenters. The van der Waals surface area contributed by atoms with Crippen molar-refractivity contribution in [2.75, 3.05) is 12.5 Å². The van der Waals surface area contributed by atoms with E-state index in [0.717, 1.165) is 16.7 Å². The standard InChI is InChI=1S/C20H14ClN3O3S/c1-26-17-5-3-2-4-12(17)10-22-24-20-23-16(11-28-20)15-9-13-8-14(21)6-7-18(13)27-19(15)25/h2-11H,1H3,(H,23,24)/b22-10+. The summed E-state index contributed by atoms with van der Waals surface area (Å²) in [6.45, 7) is 0. The third kappa shape index (κ3) is 3.76. The lowest BCUT2D eigenvalue weighted by atomic mass is 10.1. The van der Waals surface area contributed by atoms with Crippen LogP contribution in [0.15, 0.2) is 68.2 Å². The Kier molecular flexibility index (Phi) is 5.10. The van der Waals surface area contributed by atoms with Crippen molar-refractivity contribution in [3.63, 3.8) is 0 Å². The smallest absolute Gasteiger partial charge is 0.345 e. The van der Waals surface area contributed by atoms with Gasteiger partial charge in [0.05, 0.1) is 24.6 Å². The predicted octanol–water partition coefficient (Wildman–Crippen LogP) is 5.02. The monoisotopic (exact) mass is 411 g/mol. The Balaban J connectivity index is 1.58. The lowest BCUT2D eigenvalue weighted by Crippen LogP contribution is -2.03. The van der Waals surface area contributed by atoms with Crippen molar-refractivity contribution in [2.45, 2.75) is 0 Å². The van der Waals surface area contributed by atoms with Gasteiger partial charge in [-0.25, -0.2) is 9.78 Å². The van der Waals surface area contributed by atoms with E-state index in [1.165, 1.54) is 11.3 Å². The number of fused-ring (bicyclic) bond motifs is 1. The maximum absolute atomic E-state index is 12.3. The Morgan fingerprint density at radius 3 is 2.96 bits per heavy atom. The van der Waals surface area contributed by atoms with Crippen LogP contribution in [0.2, 0.25) is 5.02 Å². The fourth-order valence-electron chi connectivity index (χ4n) is 2.65. The second kappa shape index (κ2) is 7.84. The molecule has 2 aromatic carbocycles. The molecule has 8 heteroatoms. The maximum atomic E-state index is 12.3. The van der Waals surface area contributed by atoms with Crippen molar-refractivity contribution in [3.8, 4) is 17.0 Å². The molecule has 0 aliphatic heterocycles. The SMILES string of the molecule is COc1ccccc1/C=N/Nc1nc(-c2cc3cc(Cl)ccc3oc2=O)cs1. The van der Waals surface area contributed by atoms with Gasteiger partial charge in [0.2, 0.25) is 5.13 Å². The number of rotatable bonds is 5. The molecule has 4 rings (SSSR count). The van der Waals surface area contributed by atoms with Crippen LogP contribution < -0.4 is 15.8 Å². The van der Waals surface area contributed by atoms with Gasteiger partial charge in [-0.15, -0.1) is 11.3 Å². The van der Waals surface area contributed by atoms with Crippen molar-refractivity contribution < 1.29 is 9.15 Å². The average Bonchev–Trinajstić information content (AvgIpc) is 3.17. The minimum absolute atomic E-state index is 0.368. The van der Waals surface area contributed by atoms with E-state index in [9.17, 15) is 4.79 Å². The first-order valence-corrected chi connectivity index (χ1v) is 9.51. The molecule has 0 spiro atoms. The highest BCUT2D eigenvalue weighted by Crippen LogP contribution is 2.26. The summed E-state index contributed by atoms with van der Waals surface area (Å²) in [6, 6.07) is 14.4. The van der Waals surface area contributed by atoms with E-state index < -0.39 is 5.63 Å². The first-order valence-electron chi connectivity index (χ1n) is 8.25. The number of benzene rings is 2. The first kappa shape index (κ1) is 18.2. The second-order valence-corrected chi connectivity index (χ2v) is 7.07. The summed E-state index contributed by atoms with van der Waals surface area (Å²) in [5, 5.41) is 7.80. The van der Waals surface area contributed by atoms with E-state index in [1.807, 2.05) is 24.3 Å². The van der Waals surface area contributed by atoms with Crippen LogP contribution in [0.3, 0.4) is 0 Å². The summed E-state index contributed by atoms with van der Waals surface area (Å²) in [4.78, 5) is 16.7. The number of hydrogen-bond acceptors (Lipinski definition) is 7. The number of ether oxygens (including phenoxy) is 1. The molecule has 4 aromatic rings. The van der Waals surface area contributed by atoms with Gasteiger partial charge in [0.1, 0.15) is 11.3 Å². The van der Waals surface area contributed by atoms with E-state index in [4.69, 9.17) is 20.8 Å². The molecule has 0 saturated heterocycles. The molecule has 6 nitrogen and oxygen atoms in total. The topological polar surface area (TPSA) is 76.7 Å². The summed E-state index contributed by atoms with van der Waals surface area (Å²) in [5.41, 5.74) is 4.61. The number of nitrogens with one attached hydrogen (secondary N) is 1. The van der Waals surface area contributed by atoms with Gasteiger partial charge in [-0.2, -0.15) is 5.10 Å². The van der Waals surface area contributed by atoms with Gasteiger partial charge in [0.25, 0.3) is 0 Å². The van der Waals surface area contributed by atoms with Gasteiger partial charge in [-0.3, -0.25) is 5.43 Å². The van der Waals surface area contributed by atoms with E-state index in [-0.39, 0.29) is 0 Å². The summed E-state index contributed by atoms with van der Waals surface area (Å²) < 4.78 is 10.6. The van der Waals surface area contributed by atoms with Crippen LogP contribution in [-0.4, -0.2) is 18.3 Å². The molecule has 0 radical (unpaired) electrons. The number of halogens is 1. The quantitative estimate of drug-likeness (QED) is 0.283. The zero-order valence-electron chi connectivity index (χ0n) is 14.7. The molecule has 1 N–H and O–H groups in total. The number of methoxy groups -OCH3 is 1. The van der Waals surface area contributed by atoms with Crippen molar-refractivity contribution in [2.24, 2.45) is 5.10 Å². The van der Waals surface area contributed by atoms with Gasteiger partial charge < -0.3 is 9.15 Å². The van der Waals surface area contributed by atoms with Crippen LogP contribution in [-0.2, 0) is 0 Å².